The van der Waals surface area contributed by atoms with E-state index in [0.717, 1.165) is 17.5 Å². The highest BCUT2D eigenvalue weighted by Gasteiger charge is 2.35. The maximum absolute atomic E-state index is 6.04. The first-order valence-electron chi connectivity index (χ1n) is 8.00. The van der Waals surface area contributed by atoms with Crippen molar-refractivity contribution in [2.75, 3.05) is 19.6 Å². The van der Waals surface area contributed by atoms with E-state index >= 15 is 0 Å². The first-order valence-corrected chi connectivity index (χ1v) is 8.38. The van der Waals surface area contributed by atoms with Crippen molar-refractivity contribution in [1.29, 1.82) is 0 Å². The second-order valence-corrected chi connectivity index (χ2v) is 6.81. The molecule has 3 rings (SSSR count). The van der Waals surface area contributed by atoms with Crippen molar-refractivity contribution in [3.05, 3.63) is 34.9 Å². The van der Waals surface area contributed by atoms with Crippen LogP contribution in [0.2, 0.25) is 5.02 Å². The highest BCUT2D eigenvalue weighted by molar-refractivity contribution is 6.30. The van der Waals surface area contributed by atoms with E-state index in [1.165, 1.54) is 57.2 Å². The maximum Gasteiger partial charge on any atom is 0.0434 e. The van der Waals surface area contributed by atoms with Crippen LogP contribution < -0.4 is 10.6 Å². The Hall–Kier alpha value is -0.280. The minimum Gasteiger partial charge on any atom is -0.317 e. The number of rotatable bonds is 4. The number of piperidine rings is 1. The molecule has 1 aliphatic heterocycles. The maximum atomic E-state index is 6.04. The Kier molecular flexibility index (Phi) is 6.36. The van der Waals surface area contributed by atoms with E-state index < -0.39 is 0 Å². The molecule has 0 aromatic heterocycles. The Labute approximate surface area is 139 Å². The van der Waals surface area contributed by atoms with Gasteiger partial charge in [-0.3, -0.25) is 0 Å². The van der Waals surface area contributed by atoms with Gasteiger partial charge in [0.25, 0.3) is 0 Å². The number of hydrogen-bond donors (Lipinski definition) is 2. The fraction of sp³-hybridized carbons (Fsp3) is 0.647. The molecule has 1 aromatic rings. The van der Waals surface area contributed by atoms with Gasteiger partial charge in [0.2, 0.25) is 0 Å². The van der Waals surface area contributed by atoms with Crippen molar-refractivity contribution in [2.24, 2.45) is 5.92 Å². The van der Waals surface area contributed by atoms with Crippen LogP contribution in [0, 0.1) is 5.92 Å². The third-order valence-electron chi connectivity index (χ3n) is 5.04. The summed E-state index contributed by atoms with van der Waals surface area (Å²) in [6, 6.07) is 8.48. The van der Waals surface area contributed by atoms with Crippen molar-refractivity contribution in [3.63, 3.8) is 0 Å². The quantitative estimate of drug-likeness (QED) is 0.868. The molecular weight excluding hydrogens is 303 g/mol. The van der Waals surface area contributed by atoms with E-state index in [-0.39, 0.29) is 17.9 Å². The van der Waals surface area contributed by atoms with Crippen LogP contribution in [0.5, 0.6) is 0 Å². The molecule has 2 N–H and O–H groups in total. The zero-order valence-electron chi connectivity index (χ0n) is 12.5. The van der Waals surface area contributed by atoms with Crippen LogP contribution in [0.4, 0.5) is 0 Å². The van der Waals surface area contributed by atoms with Crippen LogP contribution in [0.1, 0.15) is 44.1 Å². The molecule has 1 aliphatic carbocycles. The number of hydrogen-bond acceptors (Lipinski definition) is 2. The molecule has 0 bridgehead atoms. The first-order chi connectivity index (χ1) is 9.78. The summed E-state index contributed by atoms with van der Waals surface area (Å²) in [7, 11) is 0. The van der Waals surface area contributed by atoms with Gasteiger partial charge in [0.15, 0.2) is 0 Å². The second-order valence-electron chi connectivity index (χ2n) is 6.37. The summed E-state index contributed by atoms with van der Waals surface area (Å²) in [4.78, 5) is 0. The van der Waals surface area contributed by atoms with Gasteiger partial charge in [0.1, 0.15) is 0 Å². The summed E-state index contributed by atoms with van der Waals surface area (Å²) in [6.45, 7) is 3.52. The van der Waals surface area contributed by atoms with Crippen LogP contribution in [0.3, 0.4) is 0 Å². The van der Waals surface area contributed by atoms with Crippen LogP contribution in [0.25, 0.3) is 0 Å². The Morgan fingerprint density at radius 1 is 1.10 bits per heavy atom. The summed E-state index contributed by atoms with van der Waals surface area (Å²) in [5.41, 5.74) is 1.63. The number of halogens is 2. The van der Waals surface area contributed by atoms with Crippen molar-refractivity contribution >= 4 is 24.0 Å². The molecule has 1 aromatic carbocycles. The molecule has 0 unspecified atom stereocenters. The summed E-state index contributed by atoms with van der Waals surface area (Å²) >= 11 is 6.04. The molecule has 1 saturated heterocycles. The molecule has 2 aliphatic rings. The molecule has 0 atom stereocenters. The molecule has 21 heavy (non-hydrogen) atoms. The van der Waals surface area contributed by atoms with E-state index in [2.05, 4.69) is 22.8 Å². The smallest absolute Gasteiger partial charge is 0.0434 e. The SMILES string of the molecule is Cl.Clc1ccc(C2(NCC3CCNCC3)CCCC2)cc1. The molecule has 2 nitrogen and oxygen atoms in total. The zero-order chi connectivity index (χ0) is 13.8. The number of benzene rings is 1. The van der Waals surface area contributed by atoms with Crippen molar-refractivity contribution in [1.82, 2.24) is 10.6 Å². The van der Waals surface area contributed by atoms with E-state index in [1.807, 2.05) is 12.1 Å². The van der Waals surface area contributed by atoms with Crippen LogP contribution in [-0.2, 0) is 5.54 Å². The third kappa shape index (κ3) is 4.13. The summed E-state index contributed by atoms with van der Waals surface area (Å²) < 4.78 is 0. The van der Waals surface area contributed by atoms with Gasteiger partial charge in [-0.1, -0.05) is 36.6 Å². The fourth-order valence-electron chi connectivity index (χ4n) is 3.74. The topological polar surface area (TPSA) is 24.1 Å². The van der Waals surface area contributed by atoms with Gasteiger partial charge < -0.3 is 10.6 Å². The third-order valence-corrected chi connectivity index (χ3v) is 5.29. The lowest BCUT2D eigenvalue weighted by molar-refractivity contribution is 0.278. The Morgan fingerprint density at radius 3 is 2.33 bits per heavy atom. The zero-order valence-corrected chi connectivity index (χ0v) is 14.1. The van der Waals surface area contributed by atoms with E-state index in [0.29, 0.717) is 0 Å². The highest BCUT2D eigenvalue weighted by atomic mass is 35.5. The molecule has 0 amide bonds. The largest absolute Gasteiger partial charge is 0.317 e. The van der Waals surface area contributed by atoms with Gasteiger partial charge in [-0.25, -0.2) is 0 Å². The average molecular weight is 329 g/mol. The van der Waals surface area contributed by atoms with Gasteiger partial charge in [-0.15, -0.1) is 12.4 Å². The Bertz CT molecular complexity index is 421. The lowest BCUT2D eigenvalue weighted by Gasteiger charge is -2.34. The molecule has 0 spiro atoms. The van der Waals surface area contributed by atoms with Crippen molar-refractivity contribution in [3.8, 4) is 0 Å². The van der Waals surface area contributed by atoms with Crippen LogP contribution in [0.15, 0.2) is 24.3 Å². The Balaban J connectivity index is 0.00000161. The van der Waals surface area contributed by atoms with Gasteiger partial charge in [0.05, 0.1) is 0 Å². The van der Waals surface area contributed by atoms with Crippen LogP contribution in [-0.4, -0.2) is 19.6 Å². The summed E-state index contributed by atoms with van der Waals surface area (Å²) in [5, 5.41) is 8.21. The lowest BCUT2D eigenvalue weighted by atomic mass is 9.87. The van der Waals surface area contributed by atoms with E-state index in [1.54, 1.807) is 0 Å². The average Bonchev–Trinajstić information content (AvgIpc) is 2.97. The summed E-state index contributed by atoms with van der Waals surface area (Å²) in [5.74, 6) is 0.834. The number of nitrogens with one attached hydrogen (secondary N) is 2. The predicted octanol–water partition coefficient (Wildman–Crippen LogP) is 4.12. The minimum absolute atomic E-state index is 0. The predicted molar refractivity (Wildman–Crippen MR) is 92.4 cm³/mol. The van der Waals surface area contributed by atoms with Gasteiger partial charge in [0, 0.05) is 10.6 Å². The molecule has 118 valence electrons. The van der Waals surface area contributed by atoms with Crippen molar-refractivity contribution < 1.29 is 0 Å². The summed E-state index contributed by atoms with van der Waals surface area (Å²) in [6.07, 6.45) is 7.82. The standard InChI is InChI=1S/C17H25ClN2.ClH/c18-16-5-3-15(4-6-16)17(9-1-2-10-17)20-13-14-7-11-19-12-8-14;/h3-6,14,19-20H,1-2,7-13H2;1H. The molecule has 0 radical (unpaired) electrons. The fourth-order valence-corrected chi connectivity index (χ4v) is 3.87. The van der Waals surface area contributed by atoms with E-state index in [9.17, 15) is 0 Å². The molecule has 1 heterocycles. The van der Waals surface area contributed by atoms with Crippen LogP contribution >= 0.6 is 24.0 Å². The van der Waals surface area contributed by atoms with E-state index in [4.69, 9.17) is 11.6 Å². The lowest BCUT2D eigenvalue weighted by Crippen LogP contribution is -2.44. The normalized spacial score (nSPS) is 22.0. The van der Waals surface area contributed by atoms with Gasteiger partial charge >= 0.3 is 0 Å². The molecular formula is C17H26Cl2N2. The Morgan fingerprint density at radius 2 is 1.71 bits per heavy atom. The van der Waals surface area contributed by atoms with Gasteiger partial charge in [-0.05, 0) is 68.9 Å². The monoisotopic (exact) mass is 328 g/mol. The first kappa shape index (κ1) is 17.1. The second kappa shape index (κ2) is 7.82. The van der Waals surface area contributed by atoms with Gasteiger partial charge in [-0.2, -0.15) is 0 Å². The molecule has 1 saturated carbocycles. The highest BCUT2D eigenvalue weighted by Crippen LogP contribution is 2.39. The minimum atomic E-state index is 0. The molecule has 4 heteroatoms. The van der Waals surface area contributed by atoms with Crippen molar-refractivity contribution in [2.45, 2.75) is 44.1 Å². The molecule has 2 fully saturated rings.